The minimum Gasteiger partial charge on any atom is -0.379 e. The topological polar surface area (TPSA) is 60.9 Å². The number of rotatable bonds is 7. The van der Waals surface area contributed by atoms with Gasteiger partial charge in [0.2, 0.25) is 5.91 Å². The van der Waals surface area contributed by atoms with E-state index in [2.05, 4.69) is 33.9 Å². The molecule has 0 radical (unpaired) electrons. The Hall–Kier alpha value is -1.68. The molecule has 1 amide bonds. The maximum atomic E-state index is 14.7. The number of hydrogen-bond acceptors (Lipinski definition) is 6. The first-order valence-electron chi connectivity index (χ1n) is 13.0. The summed E-state index contributed by atoms with van der Waals surface area (Å²) in [4.78, 5) is 24.2. The monoisotopic (exact) mass is 493 g/mol. The van der Waals surface area contributed by atoms with Gasteiger partial charge in [0.25, 0.3) is 5.92 Å². The van der Waals surface area contributed by atoms with E-state index in [1.54, 1.807) is 18.0 Å². The molecule has 3 aliphatic heterocycles. The highest BCUT2D eigenvalue weighted by Gasteiger charge is 2.42. The van der Waals surface area contributed by atoms with Gasteiger partial charge in [-0.05, 0) is 19.9 Å². The van der Waals surface area contributed by atoms with Crippen molar-refractivity contribution in [3.8, 4) is 0 Å². The number of pyridine rings is 1. The minimum absolute atomic E-state index is 0.0399. The van der Waals surface area contributed by atoms with Crippen molar-refractivity contribution >= 4 is 11.6 Å². The van der Waals surface area contributed by atoms with Crippen LogP contribution in [0.25, 0.3) is 0 Å². The van der Waals surface area contributed by atoms with E-state index >= 15 is 0 Å². The van der Waals surface area contributed by atoms with Crippen LogP contribution >= 0.6 is 0 Å². The SMILES string of the molecule is CCCC(F)(F)c1cc2c(cn1)C(C)(C)CN2C(=O)CN1C[C@@H](C)NC[C@@H]1CN1CCOC[C@@H]1C. The molecule has 0 aromatic carbocycles. The Bertz CT molecular complexity index is 912. The number of aromatic nitrogens is 1. The largest absolute Gasteiger partial charge is 0.379 e. The summed E-state index contributed by atoms with van der Waals surface area (Å²) in [5.74, 6) is -3.04. The zero-order chi connectivity index (χ0) is 25.4. The number of hydrogen-bond donors (Lipinski definition) is 1. The van der Waals surface area contributed by atoms with Gasteiger partial charge >= 0.3 is 0 Å². The summed E-state index contributed by atoms with van der Waals surface area (Å²) in [6.45, 7) is 15.7. The Balaban J connectivity index is 1.53. The molecule has 35 heavy (non-hydrogen) atoms. The number of ether oxygens (including phenoxy) is 1. The van der Waals surface area contributed by atoms with E-state index in [0.29, 0.717) is 24.7 Å². The molecule has 9 heteroatoms. The maximum Gasteiger partial charge on any atom is 0.289 e. The summed E-state index contributed by atoms with van der Waals surface area (Å²) in [5.41, 5.74) is 0.857. The Morgan fingerprint density at radius 1 is 1.31 bits per heavy atom. The molecule has 3 atom stereocenters. The first-order valence-corrected chi connectivity index (χ1v) is 13.0. The number of piperazine rings is 1. The number of nitrogens with zero attached hydrogens (tertiary/aromatic N) is 4. The van der Waals surface area contributed by atoms with Gasteiger partial charge in [-0.1, -0.05) is 27.2 Å². The van der Waals surface area contributed by atoms with Crippen molar-refractivity contribution in [2.75, 3.05) is 57.4 Å². The number of fused-ring (bicyclic) bond motifs is 1. The predicted octanol–water partition coefficient (Wildman–Crippen LogP) is 2.98. The Labute approximate surface area is 208 Å². The number of halogens is 2. The van der Waals surface area contributed by atoms with Crippen molar-refractivity contribution in [2.45, 2.75) is 76.9 Å². The van der Waals surface area contributed by atoms with Gasteiger partial charge < -0.3 is 15.0 Å². The van der Waals surface area contributed by atoms with Crippen LogP contribution in [0.1, 0.15) is 58.7 Å². The van der Waals surface area contributed by atoms with Crippen LogP contribution in [0.5, 0.6) is 0 Å². The fourth-order valence-electron chi connectivity index (χ4n) is 5.59. The van der Waals surface area contributed by atoms with Gasteiger partial charge in [-0.15, -0.1) is 0 Å². The van der Waals surface area contributed by atoms with E-state index in [0.717, 1.165) is 45.0 Å². The van der Waals surface area contributed by atoms with Gasteiger partial charge in [-0.3, -0.25) is 19.6 Å². The summed E-state index contributed by atoms with van der Waals surface area (Å²) in [6.07, 6.45) is 1.66. The smallest absolute Gasteiger partial charge is 0.289 e. The molecule has 2 fully saturated rings. The van der Waals surface area contributed by atoms with E-state index in [-0.39, 0.29) is 42.1 Å². The number of alkyl halides is 2. The summed E-state index contributed by atoms with van der Waals surface area (Å²) in [6, 6.07) is 2.28. The average Bonchev–Trinajstić information content (AvgIpc) is 3.07. The zero-order valence-corrected chi connectivity index (χ0v) is 21.8. The van der Waals surface area contributed by atoms with Gasteiger partial charge in [0, 0.05) is 74.4 Å². The predicted molar refractivity (Wildman–Crippen MR) is 133 cm³/mol. The van der Waals surface area contributed by atoms with Crippen LogP contribution in [0, 0.1) is 0 Å². The van der Waals surface area contributed by atoms with Gasteiger partial charge in [0.15, 0.2) is 0 Å². The first kappa shape index (κ1) is 26.4. The molecule has 0 aliphatic carbocycles. The highest BCUT2D eigenvalue weighted by molar-refractivity contribution is 5.97. The summed E-state index contributed by atoms with van der Waals surface area (Å²) in [5, 5.41) is 3.56. The van der Waals surface area contributed by atoms with Gasteiger partial charge in [0.1, 0.15) is 5.69 Å². The van der Waals surface area contributed by atoms with Crippen molar-refractivity contribution in [3.63, 3.8) is 0 Å². The van der Waals surface area contributed by atoms with E-state index in [1.807, 2.05) is 13.8 Å². The molecule has 1 aromatic rings. The third kappa shape index (κ3) is 5.68. The zero-order valence-electron chi connectivity index (χ0n) is 21.8. The molecular formula is C26H41F2N5O2. The third-order valence-electron chi connectivity index (χ3n) is 7.71. The second-order valence-electron chi connectivity index (χ2n) is 11.2. The third-order valence-corrected chi connectivity index (χ3v) is 7.71. The molecule has 0 saturated carbocycles. The van der Waals surface area contributed by atoms with Crippen molar-refractivity contribution in [3.05, 3.63) is 23.5 Å². The molecule has 2 saturated heterocycles. The Morgan fingerprint density at radius 3 is 2.80 bits per heavy atom. The number of carbonyl (C=O) groups excluding carboxylic acids is 1. The molecule has 4 rings (SSSR count). The lowest BCUT2D eigenvalue weighted by Gasteiger charge is -2.43. The second kappa shape index (κ2) is 10.4. The average molecular weight is 494 g/mol. The molecule has 0 unspecified atom stereocenters. The minimum atomic E-state index is -3.00. The molecule has 0 spiro atoms. The van der Waals surface area contributed by atoms with E-state index < -0.39 is 5.92 Å². The van der Waals surface area contributed by atoms with Crippen LogP contribution in [0.4, 0.5) is 14.5 Å². The first-order chi connectivity index (χ1) is 16.5. The number of nitrogens with one attached hydrogen (secondary N) is 1. The van der Waals surface area contributed by atoms with E-state index in [9.17, 15) is 13.6 Å². The second-order valence-corrected chi connectivity index (χ2v) is 11.2. The molecule has 0 bridgehead atoms. The lowest BCUT2D eigenvalue weighted by atomic mass is 9.88. The fraction of sp³-hybridized carbons (Fsp3) is 0.769. The molecule has 196 valence electrons. The molecule has 1 N–H and O–H groups in total. The van der Waals surface area contributed by atoms with Crippen molar-refractivity contribution in [2.24, 2.45) is 0 Å². The Morgan fingerprint density at radius 2 is 2.09 bits per heavy atom. The Kier molecular flexibility index (Phi) is 7.81. The molecule has 3 aliphatic rings. The molecule has 7 nitrogen and oxygen atoms in total. The van der Waals surface area contributed by atoms with Crippen LogP contribution in [0.2, 0.25) is 0 Å². The number of carbonyl (C=O) groups is 1. The lowest BCUT2D eigenvalue weighted by Crippen LogP contribution is -2.62. The molecule has 1 aromatic heterocycles. The van der Waals surface area contributed by atoms with Gasteiger partial charge in [-0.25, -0.2) is 0 Å². The summed E-state index contributed by atoms with van der Waals surface area (Å²) < 4.78 is 34.9. The molecule has 4 heterocycles. The van der Waals surface area contributed by atoms with Gasteiger partial charge in [-0.2, -0.15) is 8.78 Å². The van der Waals surface area contributed by atoms with Crippen molar-refractivity contribution in [1.29, 1.82) is 0 Å². The van der Waals surface area contributed by atoms with Gasteiger partial charge in [0.05, 0.1) is 25.4 Å². The normalized spacial score (nSPS) is 27.7. The maximum absolute atomic E-state index is 14.7. The number of anilines is 1. The quantitative estimate of drug-likeness (QED) is 0.630. The van der Waals surface area contributed by atoms with Crippen LogP contribution in [0.15, 0.2) is 12.3 Å². The van der Waals surface area contributed by atoms with Crippen LogP contribution in [0.3, 0.4) is 0 Å². The summed E-state index contributed by atoms with van der Waals surface area (Å²) in [7, 11) is 0. The van der Waals surface area contributed by atoms with Crippen LogP contribution in [-0.4, -0.2) is 91.3 Å². The lowest BCUT2D eigenvalue weighted by molar-refractivity contribution is -0.121. The number of morpholine rings is 1. The fourth-order valence-corrected chi connectivity index (χ4v) is 5.59. The van der Waals surface area contributed by atoms with E-state index in [1.165, 1.54) is 6.07 Å². The molecular weight excluding hydrogens is 452 g/mol. The van der Waals surface area contributed by atoms with Crippen LogP contribution < -0.4 is 10.2 Å². The van der Waals surface area contributed by atoms with Crippen molar-refractivity contribution < 1.29 is 18.3 Å². The number of amides is 1. The highest BCUT2D eigenvalue weighted by atomic mass is 19.3. The van der Waals surface area contributed by atoms with E-state index in [4.69, 9.17) is 4.74 Å². The standard InChI is InChI=1S/C26H41F2N5O2/c1-6-7-26(27,28)23-10-22-21(12-30-23)25(4,5)17-33(22)24(34)15-32-13-18(2)29-11-20(32)14-31-8-9-35-16-19(31)3/h10,12,18-20,29H,6-9,11,13-17H2,1-5H3/t18-,19+,20-/m1/s1. The van der Waals surface area contributed by atoms with Crippen molar-refractivity contribution in [1.82, 2.24) is 20.1 Å². The summed E-state index contributed by atoms with van der Waals surface area (Å²) >= 11 is 0. The highest BCUT2D eigenvalue weighted by Crippen LogP contribution is 2.43. The van der Waals surface area contributed by atoms with Crippen LogP contribution in [-0.2, 0) is 20.9 Å².